The van der Waals surface area contributed by atoms with Gasteiger partial charge in [-0.1, -0.05) is 6.07 Å². The van der Waals surface area contributed by atoms with Crippen LogP contribution in [-0.4, -0.2) is 61.2 Å². The Hall–Kier alpha value is -0.230. The number of benzene rings is 1. The third-order valence-electron chi connectivity index (χ3n) is 4.81. The van der Waals surface area contributed by atoms with Crippen LogP contribution in [0, 0.1) is 0 Å². The van der Waals surface area contributed by atoms with Gasteiger partial charge in [0.25, 0.3) is 0 Å². The second-order valence-corrected chi connectivity index (χ2v) is 6.54. The fraction of sp³-hybridized carbons (Fsp3) is 0.647. The number of likely N-dealkylation sites (tertiary alicyclic amines) is 1. The summed E-state index contributed by atoms with van der Waals surface area (Å²) in [6, 6.07) is 6.22. The van der Waals surface area contributed by atoms with E-state index in [9.17, 15) is 5.11 Å². The number of halogens is 3. The molecule has 1 aromatic rings. The summed E-state index contributed by atoms with van der Waals surface area (Å²) in [5.74, 6) is 1.03. The predicted molar refractivity (Wildman–Crippen MR) is 107 cm³/mol. The molecule has 0 spiro atoms. The molecule has 1 aromatic carbocycles. The van der Waals surface area contributed by atoms with Crippen LogP contribution in [-0.2, 0) is 6.54 Å². The van der Waals surface area contributed by atoms with Crippen molar-refractivity contribution in [3.05, 3.63) is 29.3 Å². The van der Waals surface area contributed by atoms with E-state index in [1.54, 1.807) is 0 Å². The molecule has 2 saturated heterocycles. The van der Waals surface area contributed by atoms with Gasteiger partial charge >= 0.3 is 0 Å². The van der Waals surface area contributed by atoms with Gasteiger partial charge in [0.1, 0.15) is 5.75 Å². The number of aromatic hydroxyl groups is 1. The minimum Gasteiger partial charge on any atom is -0.508 e. The number of hydrogen-bond donors (Lipinski definition) is 2. The molecule has 2 N–H and O–H groups in total. The van der Waals surface area contributed by atoms with Gasteiger partial charge in [-0.05, 0) is 62.2 Å². The fourth-order valence-electron chi connectivity index (χ4n) is 3.50. The van der Waals surface area contributed by atoms with E-state index in [4.69, 9.17) is 0 Å². The van der Waals surface area contributed by atoms with Crippen LogP contribution in [0.2, 0.25) is 0 Å². The van der Waals surface area contributed by atoms with Gasteiger partial charge in [0.2, 0.25) is 0 Å². The average molecular weight is 399 g/mol. The molecular formula is C17H30Cl3N3O. The highest BCUT2D eigenvalue weighted by atomic mass is 35.5. The zero-order chi connectivity index (χ0) is 14.7. The number of hydrogen-bond acceptors (Lipinski definition) is 4. The fourth-order valence-corrected chi connectivity index (χ4v) is 3.50. The standard InChI is InChI=1S/C17H27N3O.3ClH/c1-19-6-2-15(3-7-19)16-10-14(11-17(21)12-16)13-20-8-4-18-5-9-20;;;/h10-12,15,18,21H,2-9,13H2,1H3;3*1H. The normalized spacial score (nSPS) is 19.7. The van der Waals surface area contributed by atoms with Gasteiger partial charge in [-0.2, -0.15) is 0 Å². The molecule has 140 valence electrons. The van der Waals surface area contributed by atoms with E-state index in [2.05, 4.69) is 28.2 Å². The molecule has 24 heavy (non-hydrogen) atoms. The van der Waals surface area contributed by atoms with E-state index < -0.39 is 0 Å². The largest absolute Gasteiger partial charge is 0.508 e. The molecule has 0 amide bonds. The maximum Gasteiger partial charge on any atom is 0.116 e. The molecule has 2 fully saturated rings. The zero-order valence-electron chi connectivity index (χ0n) is 14.2. The van der Waals surface area contributed by atoms with Gasteiger partial charge in [-0.15, -0.1) is 37.2 Å². The molecule has 2 heterocycles. The highest BCUT2D eigenvalue weighted by molar-refractivity contribution is 5.86. The Morgan fingerprint density at radius 2 is 1.62 bits per heavy atom. The maximum absolute atomic E-state index is 10.1. The SMILES string of the molecule is CN1CCC(c2cc(O)cc(CN3CCNCC3)c2)CC1.Cl.Cl.Cl. The second kappa shape index (κ2) is 11.4. The molecule has 0 radical (unpaired) electrons. The Kier molecular flexibility index (Phi) is 11.3. The molecule has 2 aliphatic heterocycles. The lowest BCUT2D eigenvalue weighted by Crippen LogP contribution is -2.42. The van der Waals surface area contributed by atoms with Crippen molar-refractivity contribution in [3.63, 3.8) is 0 Å². The van der Waals surface area contributed by atoms with Crippen molar-refractivity contribution in [1.82, 2.24) is 15.1 Å². The average Bonchev–Trinajstić information content (AvgIpc) is 2.48. The Balaban J connectivity index is 0.00000176. The van der Waals surface area contributed by atoms with Crippen LogP contribution in [0.3, 0.4) is 0 Å². The van der Waals surface area contributed by atoms with Crippen molar-refractivity contribution < 1.29 is 5.11 Å². The molecule has 0 bridgehead atoms. The summed E-state index contributed by atoms with van der Waals surface area (Å²) in [5, 5.41) is 13.4. The summed E-state index contributed by atoms with van der Waals surface area (Å²) >= 11 is 0. The number of phenols is 1. The van der Waals surface area contributed by atoms with Crippen LogP contribution in [0.15, 0.2) is 18.2 Å². The molecule has 7 heteroatoms. The molecule has 0 aliphatic carbocycles. The van der Waals surface area contributed by atoms with Gasteiger partial charge < -0.3 is 15.3 Å². The number of nitrogens with one attached hydrogen (secondary N) is 1. The zero-order valence-corrected chi connectivity index (χ0v) is 16.7. The van der Waals surface area contributed by atoms with Crippen LogP contribution in [0.4, 0.5) is 0 Å². The Labute approximate surface area is 164 Å². The first-order chi connectivity index (χ1) is 10.2. The van der Waals surface area contributed by atoms with Gasteiger partial charge in [-0.25, -0.2) is 0 Å². The summed E-state index contributed by atoms with van der Waals surface area (Å²) in [6.45, 7) is 7.61. The third kappa shape index (κ3) is 6.58. The van der Waals surface area contributed by atoms with Crippen LogP contribution >= 0.6 is 37.2 Å². The molecular weight excluding hydrogens is 369 g/mol. The van der Waals surface area contributed by atoms with Crippen LogP contribution in [0.5, 0.6) is 5.75 Å². The van der Waals surface area contributed by atoms with E-state index >= 15 is 0 Å². The van der Waals surface area contributed by atoms with Gasteiger partial charge in [0.15, 0.2) is 0 Å². The lowest BCUT2D eigenvalue weighted by molar-refractivity contribution is 0.232. The summed E-state index contributed by atoms with van der Waals surface area (Å²) < 4.78 is 0. The number of rotatable bonds is 3. The van der Waals surface area contributed by atoms with Gasteiger partial charge in [0.05, 0.1) is 0 Å². The Morgan fingerprint density at radius 1 is 1.00 bits per heavy atom. The summed E-state index contributed by atoms with van der Waals surface area (Å²) in [6.07, 6.45) is 2.40. The van der Waals surface area contributed by atoms with Crippen molar-refractivity contribution in [1.29, 1.82) is 0 Å². The van der Waals surface area contributed by atoms with Gasteiger partial charge in [-0.3, -0.25) is 4.90 Å². The van der Waals surface area contributed by atoms with Crippen LogP contribution < -0.4 is 5.32 Å². The number of piperidine rings is 1. The highest BCUT2D eigenvalue weighted by Gasteiger charge is 2.19. The minimum atomic E-state index is 0. The van der Waals surface area contributed by atoms with E-state index in [1.165, 1.54) is 24.0 Å². The first kappa shape index (κ1) is 23.8. The predicted octanol–water partition coefficient (Wildman–Crippen LogP) is 2.87. The molecule has 3 rings (SSSR count). The summed E-state index contributed by atoms with van der Waals surface area (Å²) in [5.41, 5.74) is 2.58. The summed E-state index contributed by atoms with van der Waals surface area (Å²) in [7, 11) is 2.19. The van der Waals surface area contributed by atoms with Crippen LogP contribution in [0.1, 0.15) is 29.9 Å². The molecule has 0 aromatic heterocycles. The van der Waals surface area contributed by atoms with Crippen molar-refractivity contribution in [3.8, 4) is 5.75 Å². The Morgan fingerprint density at radius 3 is 2.25 bits per heavy atom. The van der Waals surface area contributed by atoms with Crippen molar-refractivity contribution in [2.24, 2.45) is 0 Å². The molecule has 4 nitrogen and oxygen atoms in total. The minimum absolute atomic E-state index is 0. The lowest BCUT2D eigenvalue weighted by atomic mass is 9.88. The monoisotopic (exact) mass is 397 g/mol. The topological polar surface area (TPSA) is 38.7 Å². The maximum atomic E-state index is 10.1. The van der Waals surface area contributed by atoms with Crippen molar-refractivity contribution in [2.45, 2.75) is 25.3 Å². The van der Waals surface area contributed by atoms with E-state index in [-0.39, 0.29) is 37.2 Å². The smallest absolute Gasteiger partial charge is 0.116 e. The van der Waals surface area contributed by atoms with Crippen LogP contribution in [0.25, 0.3) is 0 Å². The van der Waals surface area contributed by atoms with Crippen molar-refractivity contribution in [2.75, 3.05) is 46.3 Å². The number of nitrogens with zero attached hydrogens (tertiary/aromatic N) is 2. The molecule has 0 atom stereocenters. The van der Waals surface area contributed by atoms with Gasteiger partial charge in [0, 0.05) is 32.7 Å². The van der Waals surface area contributed by atoms with E-state index in [1.807, 2.05) is 12.1 Å². The molecule has 0 saturated carbocycles. The highest BCUT2D eigenvalue weighted by Crippen LogP contribution is 2.30. The van der Waals surface area contributed by atoms with Crippen molar-refractivity contribution >= 4 is 37.2 Å². The van der Waals surface area contributed by atoms with E-state index in [0.717, 1.165) is 45.8 Å². The van der Waals surface area contributed by atoms with E-state index in [0.29, 0.717) is 11.7 Å². The number of piperazine rings is 1. The Bertz CT molecular complexity index is 476. The lowest BCUT2D eigenvalue weighted by Gasteiger charge is -2.30. The molecule has 2 aliphatic rings. The second-order valence-electron chi connectivity index (χ2n) is 6.54. The third-order valence-corrected chi connectivity index (χ3v) is 4.81. The first-order valence-corrected chi connectivity index (χ1v) is 8.15. The summed E-state index contributed by atoms with van der Waals surface area (Å²) in [4.78, 5) is 4.85. The quantitative estimate of drug-likeness (QED) is 0.821. The number of phenolic OH excluding ortho intramolecular Hbond substituents is 1. The first-order valence-electron chi connectivity index (χ1n) is 8.15. The molecule has 0 unspecified atom stereocenters.